The van der Waals surface area contributed by atoms with Crippen molar-refractivity contribution in [3.63, 3.8) is 0 Å². The van der Waals surface area contributed by atoms with E-state index in [2.05, 4.69) is 20.8 Å². The average molecular weight is 353 g/mol. The fraction of sp³-hybridized carbons (Fsp3) is 0.375. The van der Waals surface area contributed by atoms with Crippen molar-refractivity contribution in [2.24, 2.45) is 0 Å². The third kappa shape index (κ3) is 5.75. The van der Waals surface area contributed by atoms with Gasteiger partial charge < -0.3 is 20.5 Å². The maximum Gasteiger partial charge on any atom is 0.315 e. The van der Waals surface area contributed by atoms with Gasteiger partial charge in [0.1, 0.15) is 18.5 Å². The second-order valence-corrected chi connectivity index (χ2v) is 5.89. The van der Waals surface area contributed by atoms with Crippen molar-refractivity contribution in [1.29, 1.82) is 0 Å². The molecule has 0 aliphatic heterocycles. The molecule has 0 saturated carbocycles. The molecule has 0 aliphatic carbocycles. The molecule has 1 aromatic carbocycles. The maximum atomic E-state index is 11.7. The van der Waals surface area contributed by atoms with Crippen molar-refractivity contribution in [3.05, 3.63) is 46.2 Å². The highest BCUT2D eigenvalue weighted by Crippen LogP contribution is 2.21. The van der Waals surface area contributed by atoms with E-state index in [4.69, 9.17) is 16.3 Å². The van der Waals surface area contributed by atoms with Crippen LogP contribution in [0.2, 0.25) is 5.02 Å². The largest absolute Gasteiger partial charge is 0.491 e. The number of aliphatic hydroxyl groups is 1. The predicted molar refractivity (Wildman–Crippen MR) is 91.3 cm³/mol. The first-order valence-electron chi connectivity index (χ1n) is 7.53. The Morgan fingerprint density at radius 1 is 1.38 bits per heavy atom. The number of nitrogens with one attached hydrogen (secondary N) is 3. The van der Waals surface area contributed by atoms with Gasteiger partial charge in [-0.2, -0.15) is 5.10 Å². The molecular weight excluding hydrogens is 332 g/mol. The van der Waals surface area contributed by atoms with Gasteiger partial charge in [-0.25, -0.2) is 4.79 Å². The zero-order valence-corrected chi connectivity index (χ0v) is 14.4. The van der Waals surface area contributed by atoms with Gasteiger partial charge in [0.25, 0.3) is 0 Å². The molecule has 130 valence electrons. The van der Waals surface area contributed by atoms with Crippen LogP contribution in [0.1, 0.15) is 17.0 Å². The van der Waals surface area contributed by atoms with Crippen molar-refractivity contribution in [2.45, 2.75) is 26.5 Å². The van der Waals surface area contributed by atoms with E-state index in [1.807, 2.05) is 19.9 Å². The molecule has 0 spiro atoms. The van der Waals surface area contributed by atoms with E-state index in [1.54, 1.807) is 18.2 Å². The number of benzene rings is 1. The normalized spacial score (nSPS) is 11.8. The molecular formula is C16H21ClN4O3. The SMILES string of the molecule is Cc1cc(CNC(=O)NCC(O)COc2ccc(Cl)c(C)c2)n[nH]1. The Kier molecular flexibility index (Phi) is 6.45. The minimum absolute atomic E-state index is 0.0694. The minimum Gasteiger partial charge on any atom is -0.491 e. The number of aromatic nitrogens is 2. The average Bonchev–Trinajstić information content (AvgIpc) is 2.97. The summed E-state index contributed by atoms with van der Waals surface area (Å²) in [6, 6.07) is 6.73. The van der Waals surface area contributed by atoms with Crippen LogP contribution in [0.25, 0.3) is 0 Å². The Labute approximate surface area is 145 Å². The van der Waals surface area contributed by atoms with Crippen LogP contribution in [0.3, 0.4) is 0 Å². The number of hydrogen-bond acceptors (Lipinski definition) is 4. The standard InChI is InChI=1S/C16H21ClN4O3/c1-10-5-14(3-4-15(10)17)24-9-13(22)8-19-16(23)18-7-12-6-11(2)20-21-12/h3-6,13,22H,7-9H2,1-2H3,(H,20,21)(H2,18,19,23). The van der Waals surface area contributed by atoms with E-state index in [9.17, 15) is 9.90 Å². The molecule has 4 N–H and O–H groups in total. The van der Waals surface area contributed by atoms with Gasteiger partial charge in [-0.1, -0.05) is 11.6 Å². The first-order chi connectivity index (χ1) is 11.4. The number of H-pyrrole nitrogens is 1. The summed E-state index contributed by atoms with van der Waals surface area (Å²) >= 11 is 5.94. The fourth-order valence-electron chi connectivity index (χ4n) is 1.97. The molecule has 2 aromatic rings. The molecule has 8 heteroatoms. The highest BCUT2D eigenvalue weighted by molar-refractivity contribution is 6.31. The third-order valence-electron chi connectivity index (χ3n) is 3.26. The molecule has 7 nitrogen and oxygen atoms in total. The van der Waals surface area contributed by atoms with Crippen molar-refractivity contribution < 1.29 is 14.6 Å². The Bertz CT molecular complexity index is 690. The number of aryl methyl sites for hydroxylation is 2. The summed E-state index contributed by atoms with van der Waals surface area (Å²) in [6.45, 7) is 4.22. The van der Waals surface area contributed by atoms with Crippen LogP contribution in [-0.4, -0.2) is 40.6 Å². The Morgan fingerprint density at radius 2 is 2.17 bits per heavy atom. The van der Waals surface area contributed by atoms with Gasteiger partial charge in [0, 0.05) is 17.3 Å². The highest BCUT2D eigenvalue weighted by atomic mass is 35.5. The number of halogens is 1. The summed E-state index contributed by atoms with van der Waals surface area (Å²) in [6.07, 6.45) is -0.820. The summed E-state index contributed by atoms with van der Waals surface area (Å²) < 4.78 is 5.47. The molecule has 0 radical (unpaired) electrons. The van der Waals surface area contributed by atoms with Crippen LogP contribution in [0.15, 0.2) is 24.3 Å². The Morgan fingerprint density at radius 3 is 2.83 bits per heavy atom. The van der Waals surface area contributed by atoms with Crippen LogP contribution >= 0.6 is 11.6 Å². The number of hydrogen-bond donors (Lipinski definition) is 4. The summed E-state index contributed by atoms with van der Waals surface area (Å²) in [5.74, 6) is 0.620. The lowest BCUT2D eigenvalue weighted by Gasteiger charge is -2.14. The van der Waals surface area contributed by atoms with Crippen molar-refractivity contribution >= 4 is 17.6 Å². The lowest BCUT2D eigenvalue weighted by molar-refractivity contribution is 0.108. The first-order valence-corrected chi connectivity index (χ1v) is 7.91. The molecule has 0 aliphatic rings. The summed E-state index contributed by atoms with van der Waals surface area (Å²) in [5.41, 5.74) is 2.57. The van der Waals surface area contributed by atoms with Crippen LogP contribution in [0, 0.1) is 13.8 Å². The van der Waals surface area contributed by atoms with Gasteiger partial charge in [0.15, 0.2) is 0 Å². The molecule has 2 amide bonds. The number of amides is 2. The van der Waals surface area contributed by atoms with Gasteiger partial charge in [0.05, 0.1) is 12.2 Å². The molecule has 0 bridgehead atoms. The molecule has 24 heavy (non-hydrogen) atoms. The molecule has 1 atom stereocenters. The number of carbonyl (C=O) groups excluding carboxylic acids is 1. The Balaban J connectivity index is 1.65. The quantitative estimate of drug-likeness (QED) is 0.611. The lowest BCUT2D eigenvalue weighted by Crippen LogP contribution is -2.41. The van der Waals surface area contributed by atoms with Crippen LogP contribution in [0.4, 0.5) is 4.79 Å². The lowest BCUT2D eigenvalue weighted by atomic mass is 10.2. The van der Waals surface area contributed by atoms with Crippen molar-refractivity contribution in [2.75, 3.05) is 13.2 Å². The number of urea groups is 1. The molecule has 1 heterocycles. The third-order valence-corrected chi connectivity index (χ3v) is 3.68. The minimum atomic E-state index is -0.820. The number of rotatable bonds is 7. The van der Waals surface area contributed by atoms with E-state index in [0.29, 0.717) is 17.3 Å². The number of aromatic amines is 1. The van der Waals surface area contributed by atoms with E-state index in [-0.39, 0.29) is 19.2 Å². The maximum absolute atomic E-state index is 11.7. The molecule has 0 fully saturated rings. The first kappa shape index (κ1) is 18.1. The van der Waals surface area contributed by atoms with Gasteiger partial charge in [-0.05, 0) is 43.7 Å². The monoisotopic (exact) mass is 352 g/mol. The van der Waals surface area contributed by atoms with Crippen LogP contribution in [0.5, 0.6) is 5.75 Å². The van der Waals surface area contributed by atoms with E-state index >= 15 is 0 Å². The summed E-state index contributed by atoms with van der Waals surface area (Å²) in [5, 5.41) is 22.6. The zero-order chi connectivity index (χ0) is 17.5. The highest BCUT2D eigenvalue weighted by Gasteiger charge is 2.09. The van der Waals surface area contributed by atoms with Gasteiger partial charge in [-0.3, -0.25) is 5.10 Å². The molecule has 0 saturated heterocycles. The van der Waals surface area contributed by atoms with Crippen LogP contribution < -0.4 is 15.4 Å². The summed E-state index contributed by atoms with van der Waals surface area (Å²) in [4.78, 5) is 11.7. The Hall–Kier alpha value is -2.25. The summed E-state index contributed by atoms with van der Waals surface area (Å²) in [7, 11) is 0. The van der Waals surface area contributed by atoms with Gasteiger partial charge >= 0.3 is 6.03 Å². The van der Waals surface area contributed by atoms with Crippen molar-refractivity contribution in [3.8, 4) is 5.75 Å². The molecule has 2 rings (SSSR count). The van der Waals surface area contributed by atoms with E-state index in [1.165, 1.54) is 0 Å². The van der Waals surface area contributed by atoms with Gasteiger partial charge in [-0.15, -0.1) is 0 Å². The number of aliphatic hydroxyl groups excluding tert-OH is 1. The predicted octanol–water partition coefficient (Wildman–Crippen LogP) is 1.92. The topological polar surface area (TPSA) is 99.3 Å². The van der Waals surface area contributed by atoms with Crippen LogP contribution in [-0.2, 0) is 6.54 Å². The van der Waals surface area contributed by atoms with E-state index < -0.39 is 6.10 Å². The number of ether oxygens (including phenoxy) is 1. The smallest absolute Gasteiger partial charge is 0.315 e. The zero-order valence-electron chi connectivity index (χ0n) is 13.6. The molecule has 1 unspecified atom stereocenters. The second-order valence-electron chi connectivity index (χ2n) is 5.48. The molecule has 1 aromatic heterocycles. The number of carbonyl (C=O) groups is 1. The van der Waals surface area contributed by atoms with E-state index in [0.717, 1.165) is 17.0 Å². The fourth-order valence-corrected chi connectivity index (χ4v) is 2.08. The number of nitrogens with zero attached hydrogens (tertiary/aromatic N) is 1. The van der Waals surface area contributed by atoms with Crippen molar-refractivity contribution in [1.82, 2.24) is 20.8 Å². The van der Waals surface area contributed by atoms with Gasteiger partial charge in [0.2, 0.25) is 0 Å². The second kappa shape index (κ2) is 8.56.